The SMILES string of the molecule is CCCCCCC(CCCC)COc1ccc(-c2ccc(OCC(CCCC)CCCCCC)c(-c3ccccc3)c2-c2ccccc2)cc1. The molecule has 0 fully saturated rings. The van der Waals surface area contributed by atoms with Gasteiger partial charge in [-0.3, -0.25) is 0 Å². The average Bonchev–Trinajstić information content (AvgIpc) is 3.17. The van der Waals surface area contributed by atoms with Gasteiger partial charge < -0.3 is 9.47 Å². The van der Waals surface area contributed by atoms with Crippen LogP contribution in [0.5, 0.6) is 11.5 Å². The minimum Gasteiger partial charge on any atom is -0.493 e. The van der Waals surface area contributed by atoms with Crippen molar-refractivity contribution in [3.05, 3.63) is 97.1 Å². The highest BCUT2D eigenvalue weighted by Gasteiger charge is 2.20. The summed E-state index contributed by atoms with van der Waals surface area (Å²) in [6.45, 7) is 10.7. The standard InChI is InChI=1S/C48H66O2/c1-5-9-13-17-25-39(23-11-7-3)37-49-44-33-31-41(32-34-44)45-35-36-46(50-38-40(24-12-8-4)26-18-14-10-6-2)48(43-29-21-16-22-30-43)47(45)42-27-19-15-20-28-42/h15-16,19-22,27-36,39-40H,5-14,17-18,23-26,37-38H2,1-4H3. The Morgan fingerprint density at radius 3 is 1.40 bits per heavy atom. The molecule has 0 amide bonds. The average molecular weight is 675 g/mol. The Labute approximate surface area is 306 Å². The van der Waals surface area contributed by atoms with Crippen LogP contribution in [-0.2, 0) is 0 Å². The van der Waals surface area contributed by atoms with Crippen LogP contribution in [0, 0.1) is 11.8 Å². The molecule has 0 aliphatic rings. The first-order chi connectivity index (χ1) is 24.7. The summed E-state index contributed by atoms with van der Waals surface area (Å²) in [5.74, 6) is 3.16. The summed E-state index contributed by atoms with van der Waals surface area (Å²) in [6, 6.07) is 35.0. The van der Waals surface area contributed by atoms with Crippen molar-refractivity contribution in [2.45, 2.75) is 130 Å². The number of benzene rings is 4. The summed E-state index contributed by atoms with van der Waals surface area (Å²) in [5.41, 5.74) is 7.20. The summed E-state index contributed by atoms with van der Waals surface area (Å²) in [6.07, 6.45) is 20.5. The van der Waals surface area contributed by atoms with Gasteiger partial charge in [-0.25, -0.2) is 0 Å². The number of hydrogen-bond acceptors (Lipinski definition) is 2. The van der Waals surface area contributed by atoms with Gasteiger partial charge in [0.2, 0.25) is 0 Å². The lowest BCUT2D eigenvalue weighted by atomic mass is 9.87. The molecule has 0 heterocycles. The molecule has 0 saturated heterocycles. The van der Waals surface area contributed by atoms with Gasteiger partial charge in [0.15, 0.2) is 0 Å². The first-order valence-electron chi connectivity index (χ1n) is 20.3. The second-order valence-corrected chi connectivity index (χ2v) is 14.5. The van der Waals surface area contributed by atoms with Crippen LogP contribution < -0.4 is 9.47 Å². The van der Waals surface area contributed by atoms with Gasteiger partial charge >= 0.3 is 0 Å². The highest BCUT2D eigenvalue weighted by molar-refractivity contribution is 5.97. The van der Waals surface area contributed by atoms with Crippen LogP contribution >= 0.6 is 0 Å². The zero-order valence-electron chi connectivity index (χ0n) is 31.9. The van der Waals surface area contributed by atoms with E-state index >= 15 is 0 Å². The summed E-state index contributed by atoms with van der Waals surface area (Å²) in [7, 11) is 0. The van der Waals surface area contributed by atoms with Crippen LogP contribution in [0.4, 0.5) is 0 Å². The minimum atomic E-state index is 0.584. The molecule has 4 aromatic rings. The maximum absolute atomic E-state index is 6.88. The number of rotatable bonds is 25. The van der Waals surface area contributed by atoms with Crippen LogP contribution in [0.2, 0.25) is 0 Å². The topological polar surface area (TPSA) is 18.5 Å². The number of unbranched alkanes of at least 4 members (excludes halogenated alkanes) is 8. The van der Waals surface area contributed by atoms with E-state index in [1.54, 1.807) is 0 Å². The van der Waals surface area contributed by atoms with Crippen molar-refractivity contribution < 1.29 is 9.47 Å². The molecule has 0 aliphatic heterocycles. The normalized spacial score (nSPS) is 12.5. The first kappa shape index (κ1) is 39.3. The summed E-state index contributed by atoms with van der Waals surface area (Å²) in [4.78, 5) is 0. The maximum atomic E-state index is 6.88. The third kappa shape index (κ3) is 12.7. The maximum Gasteiger partial charge on any atom is 0.127 e. The van der Waals surface area contributed by atoms with Crippen LogP contribution in [0.3, 0.4) is 0 Å². The summed E-state index contributed by atoms with van der Waals surface area (Å²) < 4.78 is 13.3. The van der Waals surface area contributed by atoms with Gasteiger partial charge in [0, 0.05) is 11.1 Å². The Morgan fingerprint density at radius 1 is 0.400 bits per heavy atom. The molecule has 0 saturated carbocycles. The molecule has 4 rings (SSSR count). The van der Waals surface area contributed by atoms with Crippen LogP contribution in [0.25, 0.3) is 33.4 Å². The van der Waals surface area contributed by atoms with Crippen molar-refractivity contribution in [3.63, 3.8) is 0 Å². The number of ether oxygens (including phenoxy) is 2. The molecule has 2 unspecified atom stereocenters. The van der Waals surface area contributed by atoms with Crippen molar-refractivity contribution in [1.82, 2.24) is 0 Å². The minimum absolute atomic E-state index is 0.584. The third-order valence-electron chi connectivity index (χ3n) is 10.3. The van der Waals surface area contributed by atoms with Crippen molar-refractivity contribution in [2.24, 2.45) is 11.8 Å². The fraction of sp³-hybridized carbons (Fsp3) is 0.500. The van der Waals surface area contributed by atoms with Gasteiger partial charge in [0.1, 0.15) is 11.5 Å². The molecule has 0 aromatic heterocycles. The van der Waals surface area contributed by atoms with E-state index in [0.29, 0.717) is 11.8 Å². The van der Waals surface area contributed by atoms with E-state index in [-0.39, 0.29) is 0 Å². The zero-order valence-corrected chi connectivity index (χ0v) is 31.9. The van der Waals surface area contributed by atoms with E-state index in [4.69, 9.17) is 9.47 Å². The Bertz CT molecular complexity index is 1440. The van der Waals surface area contributed by atoms with E-state index < -0.39 is 0 Å². The molecule has 0 spiro atoms. The van der Waals surface area contributed by atoms with Crippen LogP contribution in [0.15, 0.2) is 97.1 Å². The van der Waals surface area contributed by atoms with Gasteiger partial charge in [-0.15, -0.1) is 0 Å². The molecule has 0 N–H and O–H groups in total. The third-order valence-corrected chi connectivity index (χ3v) is 10.3. The molecule has 4 aromatic carbocycles. The predicted molar refractivity (Wildman–Crippen MR) is 217 cm³/mol. The Hall–Kier alpha value is -3.52. The molecule has 2 atom stereocenters. The Balaban J connectivity index is 1.64. The fourth-order valence-corrected chi connectivity index (χ4v) is 7.22. The Kier molecular flexibility index (Phi) is 18.1. The van der Waals surface area contributed by atoms with Crippen LogP contribution in [0.1, 0.15) is 130 Å². The molecule has 50 heavy (non-hydrogen) atoms. The molecule has 2 heteroatoms. The van der Waals surface area contributed by atoms with Gasteiger partial charge in [0.25, 0.3) is 0 Å². The lowest BCUT2D eigenvalue weighted by Gasteiger charge is -2.23. The molecule has 0 bridgehead atoms. The second-order valence-electron chi connectivity index (χ2n) is 14.5. The lowest BCUT2D eigenvalue weighted by molar-refractivity contribution is 0.225. The van der Waals surface area contributed by atoms with E-state index in [1.165, 1.54) is 136 Å². The number of hydrogen-bond donors (Lipinski definition) is 0. The Morgan fingerprint density at radius 2 is 0.880 bits per heavy atom. The van der Waals surface area contributed by atoms with E-state index in [0.717, 1.165) is 24.7 Å². The van der Waals surface area contributed by atoms with E-state index in [1.807, 2.05) is 0 Å². The van der Waals surface area contributed by atoms with Gasteiger partial charge in [0.05, 0.1) is 13.2 Å². The first-order valence-corrected chi connectivity index (χ1v) is 20.3. The van der Waals surface area contributed by atoms with Crippen molar-refractivity contribution in [3.8, 4) is 44.9 Å². The van der Waals surface area contributed by atoms with Crippen molar-refractivity contribution >= 4 is 0 Å². The lowest BCUT2D eigenvalue weighted by Crippen LogP contribution is -2.13. The summed E-state index contributed by atoms with van der Waals surface area (Å²) >= 11 is 0. The molecular formula is C48H66O2. The molecule has 0 radical (unpaired) electrons. The fourth-order valence-electron chi connectivity index (χ4n) is 7.22. The highest BCUT2D eigenvalue weighted by Crippen LogP contribution is 2.45. The molecule has 2 nitrogen and oxygen atoms in total. The monoisotopic (exact) mass is 675 g/mol. The smallest absolute Gasteiger partial charge is 0.127 e. The van der Waals surface area contributed by atoms with Crippen molar-refractivity contribution in [1.29, 1.82) is 0 Å². The van der Waals surface area contributed by atoms with E-state index in [2.05, 4.69) is 125 Å². The molecule has 270 valence electrons. The van der Waals surface area contributed by atoms with E-state index in [9.17, 15) is 0 Å². The molecular weight excluding hydrogens is 609 g/mol. The summed E-state index contributed by atoms with van der Waals surface area (Å²) in [5, 5.41) is 0. The molecule has 0 aliphatic carbocycles. The van der Waals surface area contributed by atoms with Gasteiger partial charge in [-0.2, -0.15) is 0 Å². The van der Waals surface area contributed by atoms with Crippen molar-refractivity contribution in [2.75, 3.05) is 13.2 Å². The zero-order chi connectivity index (χ0) is 35.2. The highest BCUT2D eigenvalue weighted by atomic mass is 16.5. The van der Waals surface area contributed by atoms with Crippen LogP contribution in [-0.4, -0.2) is 13.2 Å². The van der Waals surface area contributed by atoms with Gasteiger partial charge in [-0.1, -0.05) is 184 Å². The quantitative estimate of drug-likeness (QED) is 0.0651. The largest absolute Gasteiger partial charge is 0.493 e. The predicted octanol–water partition coefficient (Wildman–Crippen LogP) is 15.0. The van der Waals surface area contributed by atoms with Gasteiger partial charge in [-0.05, 0) is 78.0 Å². The second kappa shape index (κ2) is 23.0.